The van der Waals surface area contributed by atoms with E-state index in [-0.39, 0.29) is 0 Å². The monoisotopic (exact) mass is 275 g/mol. The van der Waals surface area contributed by atoms with Gasteiger partial charge in [-0.1, -0.05) is 12.5 Å². The first kappa shape index (κ1) is 15.3. The molecule has 0 aromatic carbocycles. The van der Waals surface area contributed by atoms with E-state index < -0.39 is 0 Å². The van der Waals surface area contributed by atoms with Gasteiger partial charge in [0.05, 0.1) is 0 Å². The lowest BCUT2D eigenvalue weighted by atomic mass is 9.95. The van der Waals surface area contributed by atoms with E-state index in [2.05, 4.69) is 60.8 Å². The van der Waals surface area contributed by atoms with Gasteiger partial charge in [-0.3, -0.25) is 4.90 Å². The van der Waals surface area contributed by atoms with Crippen LogP contribution in [0, 0.1) is 0 Å². The van der Waals surface area contributed by atoms with E-state index in [1.54, 1.807) is 0 Å². The van der Waals surface area contributed by atoms with Gasteiger partial charge in [-0.15, -0.1) is 0 Å². The van der Waals surface area contributed by atoms with Crippen molar-refractivity contribution < 1.29 is 0 Å². The summed E-state index contributed by atoms with van der Waals surface area (Å²) in [6.07, 6.45) is 6.04. The van der Waals surface area contributed by atoms with Gasteiger partial charge in [-0.05, 0) is 58.7 Å². The molecule has 0 spiro atoms. The van der Waals surface area contributed by atoms with Crippen LogP contribution in [-0.2, 0) is 0 Å². The topological polar surface area (TPSA) is 19.4 Å². The third-order valence-corrected chi connectivity index (χ3v) is 4.45. The maximum Gasteiger partial charge on any atom is 0.128 e. The molecule has 0 N–H and O–H groups in total. The molecule has 1 saturated heterocycles. The molecule has 2 heterocycles. The summed E-state index contributed by atoms with van der Waals surface area (Å²) < 4.78 is 0. The molecule has 0 amide bonds. The van der Waals surface area contributed by atoms with E-state index in [1.165, 1.54) is 31.4 Å². The molecule has 2 rings (SSSR count). The molecule has 3 heteroatoms. The summed E-state index contributed by atoms with van der Waals surface area (Å²) >= 11 is 0. The zero-order valence-electron chi connectivity index (χ0n) is 13.5. The van der Waals surface area contributed by atoms with Crippen LogP contribution in [0.25, 0.3) is 0 Å². The van der Waals surface area contributed by atoms with Crippen molar-refractivity contribution in [1.82, 2.24) is 9.88 Å². The number of likely N-dealkylation sites (tertiary alicyclic amines) is 1. The molecule has 0 bridgehead atoms. The van der Waals surface area contributed by atoms with E-state index in [1.807, 2.05) is 0 Å². The van der Waals surface area contributed by atoms with Gasteiger partial charge in [0, 0.05) is 31.4 Å². The smallest absolute Gasteiger partial charge is 0.128 e. The second-order valence-corrected chi connectivity index (χ2v) is 5.97. The Labute approximate surface area is 124 Å². The van der Waals surface area contributed by atoms with Crippen molar-refractivity contribution >= 4 is 5.82 Å². The Bertz CT molecular complexity index is 395. The van der Waals surface area contributed by atoms with Crippen LogP contribution in [0.15, 0.2) is 18.3 Å². The van der Waals surface area contributed by atoms with Crippen molar-refractivity contribution in [2.45, 2.75) is 59.0 Å². The van der Waals surface area contributed by atoms with E-state index in [9.17, 15) is 0 Å². The zero-order chi connectivity index (χ0) is 14.5. The van der Waals surface area contributed by atoms with Crippen LogP contribution < -0.4 is 4.90 Å². The second kappa shape index (κ2) is 7.07. The lowest BCUT2D eigenvalue weighted by Crippen LogP contribution is -2.38. The number of rotatable bonds is 5. The van der Waals surface area contributed by atoms with Crippen LogP contribution in [0.5, 0.6) is 0 Å². The van der Waals surface area contributed by atoms with E-state index in [4.69, 9.17) is 0 Å². The predicted octanol–water partition coefficient (Wildman–Crippen LogP) is 3.86. The number of piperidine rings is 1. The molecule has 1 aromatic rings. The number of aromatic nitrogens is 1. The highest BCUT2D eigenvalue weighted by atomic mass is 15.2. The molecule has 1 unspecified atom stereocenters. The zero-order valence-corrected chi connectivity index (χ0v) is 13.5. The molecular formula is C17H29N3. The molecular weight excluding hydrogens is 246 g/mol. The van der Waals surface area contributed by atoms with Crippen LogP contribution in [0.4, 0.5) is 5.82 Å². The lowest BCUT2D eigenvalue weighted by Gasteiger charge is -2.38. The molecule has 112 valence electrons. The highest BCUT2D eigenvalue weighted by Gasteiger charge is 2.26. The normalized spacial score (nSPS) is 20.4. The molecule has 1 fully saturated rings. The molecule has 1 aliphatic heterocycles. The van der Waals surface area contributed by atoms with Crippen LogP contribution in [-0.4, -0.2) is 35.6 Å². The summed E-state index contributed by atoms with van der Waals surface area (Å²) in [5.41, 5.74) is 1.38. The Kier molecular flexibility index (Phi) is 5.41. The Morgan fingerprint density at radius 3 is 2.55 bits per heavy atom. The summed E-state index contributed by atoms with van der Waals surface area (Å²) in [6.45, 7) is 12.2. The van der Waals surface area contributed by atoms with Gasteiger partial charge < -0.3 is 4.90 Å². The Morgan fingerprint density at radius 1 is 1.25 bits per heavy atom. The van der Waals surface area contributed by atoms with Gasteiger partial charge in [0.15, 0.2) is 0 Å². The summed E-state index contributed by atoms with van der Waals surface area (Å²) in [5.74, 6) is 1.10. The van der Waals surface area contributed by atoms with Crippen molar-refractivity contribution in [3.63, 3.8) is 0 Å². The van der Waals surface area contributed by atoms with Gasteiger partial charge >= 0.3 is 0 Å². The summed E-state index contributed by atoms with van der Waals surface area (Å²) in [7, 11) is 0. The minimum absolute atomic E-state index is 0.557. The fourth-order valence-corrected chi connectivity index (χ4v) is 3.26. The molecule has 0 radical (unpaired) electrons. The summed E-state index contributed by atoms with van der Waals surface area (Å²) in [5, 5.41) is 0. The molecule has 1 aromatic heterocycles. The lowest BCUT2D eigenvalue weighted by molar-refractivity contribution is 0.112. The SMILES string of the molecule is CCN(CC)c1ccc(C2CCCCN2C(C)C)cn1. The third kappa shape index (κ3) is 3.32. The minimum atomic E-state index is 0.557. The Balaban J connectivity index is 2.15. The molecule has 20 heavy (non-hydrogen) atoms. The van der Waals surface area contributed by atoms with Crippen LogP contribution >= 0.6 is 0 Å². The molecule has 1 atom stereocenters. The average molecular weight is 275 g/mol. The fourth-order valence-electron chi connectivity index (χ4n) is 3.26. The van der Waals surface area contributed by atoms with Gasteiger partial charge in [0.25, 0.3) is 0 Å². The Hall–Kier alpha value is -1.09. The quantitative estimate of drug-likeness (QED) is 0.813. The van der Waals surface area contributed by atoms with E-state index in [0.29, 0.717) is 12.1 Å². The van der Waals surface area contributed by atoms with Crippen molar-refractivity contribution in [3.05, 3.63) is 23.9 Å². The van der Waals surface area contributed by atoms with Crippen molar-refractivity contribution in [1.29, 1.82) is 0 Å². The predicted molar refractivity (Wildman–Crippen MR) is 86.2 cm³/mol. The van der Waals surface area contributed by atoms with Gasteiger partial charge in [0.2, 0.25) is 0 Å². The number of hydrogen-bond acceptors (Lipinski definition) is 3. The Morgan fingerprint density at radius 2 is 2.00 bits per heavy atom. The first-order valence-corrected chi connectivity index (χ1v) is 8.14. The fraction of sp³-hybridized carbons (Fsp3) is 0.706. The standard InChI is InChI=1S/C17H29N3/c1-5-19(6-2)17-11-10-15(13-18-17)16-9-7-8-12-20(16)14(3)4/h10-11,13-14,16H,5-9,12H2,1-4H3. The number of hydrogen-bond donors (Lipinski definition) is 0. The maximum atomic E-state index is 4.69. The van der Waals surface area contributed by atoms with E-state index >= 15 is 0 Å². The number of anilines is 1. The first-order chi connectivity index (χ1) is 9.67. The van der Waals surface area contributed by atoms with Gasteiger partial charge in [-0.2, -0.15) is 0 Å². The summed E-state index contributed by atoms with van der Waals surface area (Å²) in [4.78, 5) is 9.61. The number of nitrogens with zero attached hydrogens (tertiary/aromatic N) is 3. The highest BCUT2D eigenvalue weighted by molar-refractivity contribution is 5.39. The maximum absolute atomic E-state index is 4.69. The third-order valence-electron chi connectivity index (χ3n) is 4.45. The molecule has 1 aliphatic rings. The second-order valence-electron chi connectivity index (χ2n) is 5.97. The van der Waals surface area contributed by atoms with Gasteiger partial charge in [-0.25, -0.2) is 4.98 Å². The molecule has 0 saturated carbocycles. The first-order valence-electron chi connectivity index (χ1n) is 8.14. The van der Waals surface area contributed by atoms with Crippen LogP contribution in [0.2, 0.25) is 0 Å². The average Bonchev–Trinajstić information content (AvgIpc) is 2.49. The van der Waals surface area contributed by atoms with Gasteiger partial charge in [0.1, 0.15) is 5.82 Å². The van der Waals surface area contributed by atoms with Crippen LogP contribution in [0.1, 0.15) is 58.6 Å². The molecule has 3 nitrogen and oxygen atoms in total. The molecule has 0 aliphatic carbocycles. The number of pyridine rings is 1. The summed E-state index contributed by atoms with van der Waals surface area (Å²) in [6, 6.07) is 5.64. The van der Waals surface area contributed by atoms with Crippen molar-refractivity contribution in [2.75, 3.05) is 24.5 Å². The van der Waals surface area contributed by atoms with Crippen molar-refractivity contribution in [2.24, 2.45) is 0 Å². The van der Waals surface area contributed by atoms with Crippen LogP contribution in [0.3, 0.4) is 0 Å². The van der Waals surface area contributed by atoms with Crippen molar-refractivity contribution in [3.8, 4) is 0 Å². The highest BCUT2D eigenvalue weighted by Crippen LogP contribution is 2.32. The minimum Gasteiger partial charge on any atom is -0.357 e. The van der Waals surface area contributed by atoms with E-state index in [0.717, 1.165) is 18.9 Å². The largest absolute Gasteiger partial charge is 0.357 e.